The first-order chi connectivity index (χ1) is 37.5. The van der Waals surface area contributed by atoms with Crippen molar-refractivity contribution in [2.75, 3.05) is 79.1 Å². The van der Waals surface area contributed by atoms with Crippen LogP contribution in [0.25, 0.3) is 10.9 Å². The highest BCUT2D eigenvalue weighted by Crippen LogP contribution is 2.36. The molecule has 3 aromatic rings. The average Bonchev–Trinajstić information content (AvgIpc) is 3.46. The van der Waals surface area contributed by atoms with Gasteiger partial charge < -0.3 is 43.5 Å². The van der Waals surface area contributed by atoms with Crippen LogP contribution in [0, 0.1) is 23.6 Å². The van der Waals surface area contributed by atoms with Crippen LogP contribution in [0.4, 0.5) is 15.9 Å². The number of hydrogen-bond donors (Lipinski definition) is 1. The predicted molar refractivity (Wildman–Crippen MR) is 297 cm³/mol. The van der Waals surface area contributed by atoms with Gasteiger partial charge in [0.25, 0.3) is 12.4 Å². The van der Waals surface area contributed by atoms with Crippen molar-refractivity contribution in [3.8, 4) is 11.5 Å². The van der Waals surface area contributed by atoms with Crippen molar-refractivity contribution >= 4 is 63.9 Å². The van der Waals surface area contributed by atoms with Crippen molar-refractivity contribution in [2.45, 2.75) is 142 Å². The van der Waals surface area contributed by atoms with Crippen molar-refractivity contribution in [1.82, 2.24) is 24.7 Å². The molecule has 4 heterocycles. The Morgan fingerprint density at radius 1 is 0.923 bits per heavy atom. The molecule has 78 heavy (non-hydrogen) atoms. The van der Waals surface area contributed by atoms with Crippen LogP contribution in [-0.2, 0) is 42.9 Å². The van der Waals surface area contributed by atoms with Gasteiger partial charge in [0.05, 0.1) is 36.5 Å². The number of likely N-dealkylation sites (tertiary alicyclic amines) is 1. The first-order valence-electron chi connectivity index (χ1n) is 27.7. The van der Waals surface area contributed by atoms with Gasteiger partial charge in [-0.05, 0) is 126 Å². The quantitative estimate of drug-likeness (QED) is 0.0287. The van der Waals surface area contributed by atoms with E-state index >= 15 is 0 Å². The molecule has 0 aliphatic carbocycles. The van der Waals surface area contributed by atoms with Crippen LogP contribution in [0.5, 0.6) is 11.5 Å². The number of methoxy groups -OCH3 is 3. The molecular formula is C59H82ClFN6O11. The van der Waals surface area contributed by atoms with Gasteiger partial charge in [-0.25, -0.2) is 14.4 Å². The summed E-state index contributed by atoms with van der Waals surface area (Å²) in [7, 11) is 4.82. The first-order valence-corrected chi connectivity index (χ1v) is 28.1. The van der Waals surface area contributed by atoms with Gasteiger partial charge in [-0.15, -0.1) is 0 Å². The smallest absolute Gasteiger partial charge is 0.293 e. The minimum absolute atomic E-state index is 0.00810. The lowest BCUT2D eigenvalue weighted by Crippen LogP contribution is -2.53. The predicted octanol–water partition coefficient (Wildman–Crippen LogP) is 9.50. The molecule has 0 spiro atoms. The number of nitrogens with one attached hydrogen (secondary N) is 1. The van der Waals surface area contributed by atoms with E-state index in [2.05, 4.69) is 39.8 Å². The number of nitrogens with zero attached hydrogens (tertiary/aromatic N) is 5. The van der Waals surface area contributed by atoms with E-state index in [9.17, 15) is 28.4 Å². The van der Waals surface area contributed by atoms with Crippen LogP contribution >= 0.6 is 11.6 Å². The summed E-state index contributed by atoms with van der Waals surface area (Å²) in [6.07, 6.45) is 8.81. The van der Waals surface area contributed by atoms with Crippen molar-refractivity contribution in [1.29, 1.82) is 0 Å². The Labute approximate surface area is 464 Å². The maximum atomic E-state index is 14.1. The zero-order valence-electron chi connectivity index (χ0n) is 46.8. The highest BCUT2D eigenvalue weighted by molar-refractivity contribution is 6.37. The number of rotatable bonds is 30. The Kier molecular flexibility index (Phi) is 24.3. The molecule has 3 aliphatic rings. The third-order valence-electron chi connectivity index (χ3n) is 15.4. The number of ketones is 2. The van der Waals surface area contributed by atoms with Gasteiger partial charge in [-0.2, -0.15) is 0 Å². The second-order valence-electron chi connectivity index (χ2n) is 21.4. The van der Waals surface area contributed by atoms with E-state index in [1.807, 2.05) is 31.7 Å². The standard InChI is InChI=1S/C59H82ClFN6O11/c1-38(2)56(77-37-68)41(5)16-19-48(69)42(31-39(3)30-40(4)32-53(75-8)57-50(73-6)21-20-49(78-57)55(71)59(72)67-23-10-9-11-24-67)14-12-15-54(70)66-27-25-65(26-28-66)22-13-29-76-52-34-44-47(35-51(52)74-7)62-36-63-58(44)64-43-17-18-46(61)45(60)33-43/h17-18,31,33-37,40-42,49-50,53,56-57H,1,9-16,19-30,32H2,2-8H3,(H,62,63,64)/b39-31+/t40-,41+,42+,49?,50-,53-,56+,57-/m0/s1. The molecule has 0 radical (unpaired) electrons. The highest BCUT2D eigenvalue weighted by Gasteiger charge is 2.42. The van der Waals surface area contributed by atoms with Crippen molar-refractivity contribution in [3.63, 3.8) is 0 Å². The summed E-state index contributed by atoms with van der Waals surface area (Å²) in [5.74, 6) is -0.246. The number of anilines is 2. The molecular weight excluding hydrogens is 1020 g/mol. The number of ether oxygens (including phenoxy) is 6. The van der Waals surface area contributed by atoms with E-state index in [4.69, 9.17) is 40.0 Å². The van der Waals surface area contributed by atoms with Gasteiger partial charge in [0.15, 0.2) is 11.5 Å². The summed E-state index contributed by atoms with van der Waals surface area (Å²) in [5, 5.41) is 3.87. The monoisotopic (exact) mass is 1100 g/mol. The second kappa shape index (κ2) is 30.7. The van der Waals surface area contributed by atoms with E-state index < -0.39 is 47.8 Å². The zero-order chi connectivity index (χ0) is 56.3. The van der Waals surface area contributed by atoms with Crippen molar-refractivity contribution in [3.05, 3.63) is 71.3 Å². The molecule has 6 rings (SSSR count). The number of fused-ring (bicyclic) bond motifs is 1. The number of carbonyl (C=O) groups is 5. The van der Waals surface area contributed by atoms with Gasteiger partial charge in [0, 0.05) is 95.9 Å². The molecule has 0 bridgehead atoms. The fourth-order valence-electron chi connectivity index (χ4n) is 11.1. The Balaban J connectivity index is 1.00. The zero-order valence-corrected chi connectivity index (χ0v) is 47.5. The van der Waals surface area contributed by atoms with E-state index in [1.165, 1.54) is 18.5 Å². The SMILES string of the molecule is C=C(C)[C@@H](OC=O)[C@H](C)CCC(=O)[C@@H](/C=C(\C)C[C@H](C)C[C@H](OC)[C@H]1OC(C(=O)C(=O)N2CCCCC2)CC[C@@H]1OC)CCCC(=O)N1CCN(CCCOc2cc3c(Nc4ccc(F)c(Cl)c4)ncnc3cc2OC)CC1. The summed E-state index contributed by atoms with van der Waals surface area (Å²) >= 11 is 6.01. The summed E-state index contributed by atoms with van der Waals surface area (Å²) in [5.41, 5.74) is 2.95. The maximum Gasteiger partial charge on any atom is 0.293 e. The lowest BCUT2D eigenvalue weighted by Gasteiger charge is -2.40. The van der Waals surface area contributed by atoms with E-state index in [-0.39, 0.29) is 41.1 Å². The molecule has 2 aromatic carbocycles. The Morgan fingerprint density at radius 3 is 2.36 bits per heavy atom. The number of amides is 2. The van der Waals surface area contributed by atoms with Crippen LogP contribution < -0.4 is 14.8 Å². The van der Waals surface area contributed by atoms with Crippen LogP contribution in [0.2, 0.25) is 5.02 Å². The van der Waals surface area contributed by atoms with Gasteiger partial charge in [0.1, 0.15) is 42.1 Å². The van der Waals surface area contributed by atoms with Gasteiger partial charge in [-0.1, -0.05) is 43.7 Å². The summed E-state index contributed by atoms with van der Waals surface area (Å²) < 4.78 is 49.3. The fourth-order valence-corrected chi connectivity index (χ4v) is 11.3. The van der Waals surface area contributed by atoms with Crippen LogP contribution in [0.3, 0.4) is 0 Å². The van der Waals surface area contributed by atoms with E-state index in [0.29, 0.717) is 130 Å². The molecule has 0 saturated carbocycles. The number of hydrogen-bond acceptors (Lipinski definition) is 15. The Bertz CT molecular complexity index is 2540. The lowest BCUT2D eigenvalue weighted by molar-refractivity contribution is -0.186. The van der Waals surface area contributed by atoms with Crippen molar-refractivity contribution < 1.29 is 56.8 Å². The molecule has 17 nitrogen and oxygen atoms in total. The number of benzene rings is 2. The highest BCUT2D eigenvalue weighted by atomic mass is 35.5. The maximum absolute atomic E-state index is 14.1. The van der Waals surface area contributed by atoms with E-state index in [0.717, 1.165) is 50.9 Å². The molecule has 3 fully saturated rings. The number of Topliss-reactive ketones (excluding diaryl/α,β-unsaturated/α-hetero) is 2. The molecule has 1 unspecified atom stereocenters. The number of halogens is 2. The van der Waals surface area contributed by atoms with Crippen LogP contribution in [0.1, 0.15) is 111 Å². The summed E-state index contributed by atoms with van der Waals surface area (Å²) in [6, 6.07) is 7.96. The van der Waals surface area contributed by atoms with Crippen LogP contribution in [-0.4, -0.2) is 159 Å². The second-order valence-corrected chi connectivity index (χ2v) is 21.8. The Hall–Kier alpha value is -5.53. The third-order valence-corrected chi connectivity index (χ3v) is 15.7. The van der Waals surface area contributed by atoms with Gasteiger partial charge in [-0.3, -0.25) is 28.9 Å². The Morgan fingerprint density at radius 2 is 1.68 bits per heavy atom. The van der Waals surface area contributed by atoms with Crippen molar-refractivity contribution in [2.24, 2.45) is 17.8 Å². The molecule has 3 aliphatic heterocycles. The third kappa shape index (κ3) is 17.5. The molecule has 1 N–H and O–H groups in total. The number of carbonyl (C=O) groups excluding carboxylic acids is 5. The molecule has 2 amide bonds. The largest absolute Gasteiger partial charge is 0.493 e. The topological polar surface area (TPSA) is 188 Å². The first kappa shape index (κ1) is 61.7. The minimum atomic E-state index is -0.854. The number of aromatic nitrogens is 2. The molecule has 3 saturated heterocycles. The molecule has 19 heteroatoms. The van der Waals surface area contributed by atoms with Gasteiger partial charge in [0.2, 0.25) is 11.7 Å². The van der Waals surface area contributed by atoms with E-state index in [1.54, 1.807) is 38.4 Å². The number of piperidine rings is 1. The molecule has 1 aromatic heterocycles. The average molecular weight is 1110 g/mol. The normalized spacial score (nSPS) is 20.3. The van der Waals surface area contributed by atoms with Crippen LogP contribution in [0.15, 0.2) is 60.5 Å². The molecule has 428 valence electrons. The minimum Gasteiger partial charge on any atom is -0.493 e. The summed E-state index contributed by atoms with van der Waals surface area (Å²) in [4.78, 5) is 80.3. The lowest BCUT2D eigenvalue weighted by atomic mass is 9.86. The summed E-state index contributed by atoms with van der Waals surface area (Å²) in [6.45, 7) is 17.3. The van der Waals surface area contributed by atoms with Gasteiger partial charge >= 0.3 is 0 Å². The number of piperazine rings is 1. The number of allylic oxidation sites excluding steroid dienone is 2. The molecule has 8 atom stereocenters. The fraction of sp³-hybridized carbons (Fsp3) is 0.610.